The van der Waals surface area contributed by atoms with Crippen molar-refractivity contribution in [3.05, 3.63) is 12.0 Å². The van der Waals surface area contributed by atoms with Gasteiger partial charge in [0.25, 0.3) is 10.0 Å². The van der Waals surface area contributed by atoms with Gasteiger partial charge >= 0.3 is 0 Å². The highest BCUT2D eigenvalue weighted by Crippen LogP contribution is 2.00. The molecule has 56 valence electrons. The molecule has 0 aliphatic carbocycles. The SMILES string of the molecule is Cc1nc(S(N)(=O)=O)c[nH]1. The van der Waals surface area contributed by atoms with E-state index in [1.165, 1.54) is 6.20 Å². The summed E-state index contributed by atoms with van der Waals surface area (Å²) in [5.74, 6) is 0.532. The lowest BCUT2D eigenvalue weighted by atomic mass is 10.8. The van der Waals surface area contributed by atoms with Crippen LogP contribution in [0.3, 0.4) is 0 Å². The molecule has 0 aliphatic rings. The molecule has 0 aromatic carbocycles. The fourth-order valence-electron chi connectivity index (χ4n) is 0.542. The largest absolute Gasteiger partial charge is 0.348 e. The summed E-state index contributed by atoms with van der Waals surface area (Å²) in [5.41, 5.74) is 0. The maximum Gasteiger partial charge on any atom is 0.257 e. The molecule has 0 bridgehead atoms. The Labute approximate surface area is 58.3 Å². The van der Waals surface area contributed by atoms with E-state index < -0.39 is 10.0 Å². The minimum Gasteiger partial charge on any atom is -0.348 e. The van der Waals surface area contributed by atoms with E-state index in [9.17, 15) is 8.42 Å². The number of nitrogens with two attached hydrogens (primary N) is 1. The Morgan fingerprint density at radius 1 is 1.70 bits per heavy atom. The number of aromatic amines is 1. The molecule has 10 heavy (non-hydrogen) atoms. The van der Waals surface area contributed by atoms with E-state index in [1.807, 2.05) is 0 Å². The summed E-state index contributed by atoms with van der Waals surface area (Å²) in [7, 11) is -3.62. The Balaban J connectivity index is 3.21. The van der Waals surface area contributed by atoms with Crippen molar-refractivity contribution in [3.63, 3.8) is 0 Å². The molecule has 0 fully saturated rings. The van der Waals surface area contributed by atoms with Crippen LogP contribution in [0.4, 0.5) is 0 Å². The number of aryl methyl sites for hydroxylation is 1. The standard InChI is InChI=1S/C4H7N3O2S/c1-3-6-2-4(7-3)10(5,8)9/h2H,1H3,(H,6,7)(H2,5,8,9). The minimum atomic E-state index is -3.62. The van der Waals surface area contributed by atoms with Gasteiger partial charge in [-0.05, 0) is 6.92 Å². The van der Waals surface area contributed by atoms with Crippen LogP contribution in [0.5, 0.6) is 0 Å². The second-order valence-electron chi connectivity index (χ2n) is 1.87. The predicted octanol–water partition coefficient (Wildman–Crippen LogP) is -0.634. The van der Waals surface area contributed by atoms with Crippen LogP contribution < -0.4 is 5.14 Å². The zero-order chi connectivity index (χ0) is 7.78. The van der Waals surface area contributed by atoms with Gasteiger partial charge in [-0.2, -0.15) is 0 Å². The van der Waals surface area contributed by atoms with Gasteiger partial charge in [0.15, 0.2) is 5.03 Å². The fourth-order valence-corrected chi connectivity index (χ4v) is 1.03. The van der Waals surface area contributed by atoms with E-state index >= 15 is 0 Å². The van der Waals surface area contributed by atoms with Crippen molar-refractivity contribution in [2.24, 2.45) is 5.14 Å². The molecule has 0 spiro atoms. The van der Waals surface area contributed by atoms with Crippen molar-refractivity contribution >= 4 is 10.0 Å². The maximum absolute atomic E-state index is 10.5. The van der Waals surface area contributed by atoms with Gasteiger partial charge in [-0.25, -0.2) is 18.5 Å². The summed E-state index contributed by atoms with van der Waals surface area (Å²) in [4.78, 5) is 6.22. The van der Waals surface area contributed by atoms with Crippen LogP contribution in [0.1, 0.15) is 5.82 Å². The van der Waals surface area contributed by atoms with Gasteiger partial charge in [0.05, 0.1) is 0 Å². The number of H-pyrrole nitrogens is 1. The average Bonchev–Trinajstić information content (AvgIpc) is 2.11. The lowest BCUT2D eigenvalue weighted by Gasteiger charge is -1.85. The van der Waals surface area contributed by atoms with Crippen LogP contribution in [0, 0.1) is 6.92 Å². The lowest BCUT2D eigenvalue weighted by Crippen LogP contribution is -2.12. The molecule has 0 aliphatic heterocycles. The van der Waals surface area contributed by atoms with Crippen LogP contribution in [0.25, 0.3) is 0 Å². The average molecular weight is 161 g/mol. The number of nitrogens with one attached hydrogen (secondary N) is 1. The highest BCUT2D eigenvalue weighted by Gasteiger charge is 2.09. The molecule has 0 radical (unpaired) electrons. The van der Waals surface area contributed by atoms with E-state index in [0.29, 0.717) is 5.82 Å². The molecule has 6 heteroatoms. The Kier molecular flexibility index (Phi) is 1.49. The first-order valence-corrected chi connectivity index (χ1v) is 4.09. The maximum atomic E-state index is 10.5. The van der Waals surface area contributed by atoms with Crippen LogP contribution in [-0.4, -0.2) is 18.4 Å². The minimum absolute atomic E-state index is 0.120. The molecular weight excluding hydrogens is 154 g/mol. The van der Waals surface area contributed by atoms with Crippen LogP contribution in [0.2, 0.25) is 0 Å². The van der Waals surface area contributed by atoms with Gasteiger partial charge in [-0.1, -0.05) is 0 Å². The molecule has 0 unspecified atom stereocenters. The van der Waals surface area contributed by atoms with Crippen molar-refractivity contribution in [2.45, 2.75) is 11.9 Å². The highest BCUT2D eigenvalue weighted by atomic mass is 32.2. The van der Waals surface area contributed by atoms with E-state index in [0.717, 1.165) is 0 Å². The number of hydrogen-bond acceptors (Lipinski definition) is 3. The fraction of sp³-hybridized carbons (Fsp3) is 0.250. The van der Waals surface area contributed by atoms with Crippen LogP contribution in [0.15, 0.2) is 11.2 Å². The van der Waals surface area contributed by atoms with Crippen molar-refractivity contribution in [1.29, 1.82) is 0 Å². The number of imidazole rings is 1. The zero-order valence-corrected chi connectivity index (χ0v) is 6.14. The van der Waals surface area contributed by atoms with Gasteiger partial charge in [0.2, 0.25) is 0 Å². The number of sulfonamides is 1. The summed E-state index contributed by atoms with van der Waals surface area (Å²) < 4.78 is 21.1. The smallest absolute Gasteiger partial charge is 0.257 e. The molecular formula is C4H7N3O2S. The van der Waals surface area contributed by atoms with Crippen molar-refractivity contribution in [1.82, 2.24) is 9.97 Å². The van der Waals surface area contributed by atoms with Crippen LogP contribution >= 0.6 is 0 Å². The third-order valence-electron chi connectivity index (χ3n) is 0.974. The third kappa shape index (κ3) is 1.34. The Hall–Kier alpha value is -0.880. The lowest BCUT2D eigenvalue weighted by molar-refractivity contribution is 0.594. The molecule has 0 atom stereocenters. The van der Waals surface area contributed by atoms with E-state index in [-0.39, 0.29) is 5.03 Å². The summed E-state index contributed by atoms with van der Waals surface area (Å²) in [6.07, 6.45) is 1.25. The van der Waals surface area contributed by atoms with Gasteiger partial charge in [0.1, 0.15) is 5.82 Å². The van der Waals surface area contributed by atoms with Gasteiger partial charge in [-0.15, -0.1) is 0 Å². The highest BCUT2D eigenvalue weighted by molar-refractivity contribution is 7.89. The van der Waals surface area contributed by atoms with E-state index in [2.05, 4.69) is 9.97 Å². The topological polar surface area (TPSA) is 88.8 Å². The first kappa shape index (κ1) is 7.23. The molecule has 0 saturated carbocycles. The van der Waals surface area contributed by atoms with Gasteiger partial charge < -0.3 is 4.98 Å². The van der Waals surface area contributed by atoms with Gasteiger partial charge in [0, 0.05) is 6.20 Å². The molecule has 1 heterocycles. The van der Waals surface area contributed by atoms with E-state index in [1.54, 1.807) is 6.92 Å². The molecule has 3 N–H and O–H groups in total. The third-order valence-corrected chi connectivity index (χ3v) is 1.77. The van der Waals surface area contributed by atoms with Crippen LogP contribution in [-0.2, 0) is 10.0 Å². The molecule has 1 aromatic heterocycles. The number of hydrogen-bond donors (Lipinski definition) is 2. The second kappa shape index (κ2) is 2.06. The monoisotopic (exact) mass is 161 g/mol. The molecule has 1 rings (SSSR count). The summed E-state index contributed by atoms with van der Waals surface area (Å²) >= 11 is 0. The quantitative estimate of drug-likeness (QED) is 0.574. The summed E-state index contributed by atoms with van der Waals surface area (Å²) in [6, 6.07) is 0. The number of aromatic nitrogens is 2. The molecule has 0 saturated heterocycles. The zero-order valence-electron chi connectivity index (χ0n) is 5.33. The molecule has 0 amide bonds. The van der Waals surface area contributed by atoms with Crippen molar-refractivity contribution < 1.29 is 8.42 Å². The Bertz CT molecular complexity index is 326. The Morgan fingerprint density at radius 2 is 2.30 bits per heavy atom. The van der Waals surface area contributed by atoms with Gasteiger partial charge in [-0.3, -0.25) is 0 Å². The van der Waals surface area contributed by atoms with Crippen molar-refractivity contribution in [3.8, 4) is 0 Å². The first-order chi connectivity index (χ1) is 4.50. The van der Waals surface area contributed by atoms with Crippen molar-refractivity contribution in [2.75, 3.05) is 0 Å². The molecule has 1 aromatic rings. The number of primary sulfonamides is 1. The Morgan fingerprint density at radius 3 is 2.50 bits per heavy atom. The second-order valence-corrected chi connectivity index (χ2v) is 3.38. The number of nitrogens with zero attached hydrogens (tertiary/aromatic N) is 1. The first-order valence-electron chi connectivity index (χ1n) is 2.55. The predicted molar refractivity (Wildman–Crippen MR) is 34.7 cm³/mol. The summed E-state index contributed by atoms with van der Waals surface area (Å²) in [5, 5.41) is 4.64. The molecule has 5 nitrogen and oxygen atoms in total. The number of rotatable bonds is 1. The summed E-state index contributed by atoms with van der Waals surface area (Å²) in [6.45, 7) is 1.65. The normalized spacial score (nSPS) is 11.8. The van der Waals surface area contributed by atoms with E-state index in [4.69, 9.17) is 5.14 Å².